The summed E-state index contributed by atoms with van der Waals surface area (Å²) >= 11 is 1.41. The van der Waals surface area contributed by atoms with Crippen molar-refractivity contribution in [3.05, 3.63) is 42.2 Å². The van der Waals surface area contributed by atoms with Crippen molar-refractivity contribution < 1.29 is 14.3 Å². The van der Waals surface area contributed by atoms with Crippen LogP contribution < -0.4 is 9.64 Å². The van der Waals surface area contributed by atoms with Crippen LogP contribution in [0.2, 0.25) is 0 Å². The number of nitrogens with zero attached hydrogens (tertiary/aromatic N) is 4. The molecule has 0 saturated carbocycles. The predicted octanol–water partition coefficient (Wildman–Crippen LogP) is 2.08. The standard InChI is InChI=1S/C18H20N4O3S/c1-12-16(23)22(14-4-6-15(25-2)7-5-14)9-8-21(12)17(24)13-10-19-18(26-3)20-11-13/h4-7,10-12H,8-9H2,1-3H3/t12-/m1/s1. The molecule has 1 fully saturated rings. The molecule has 8 heteroatoms. The maximum Gasteiger partial charge on any atom is 0.257 e. The lowest BCUT2D eigenvalue weighted by atomic mass is 10.1. The zero-order chi connectivity index (χ0) is 18.7. The van der Waals surface area contributed by atoms with E-state index in [0.717, 1.165) is 11.4 Å². The van der Waals surface area contributed by atoms with Crippen LogP contribution in [0.1, 0.15) is 17.3 Å². The topological polar surface area (TPSA) is 75.6 Å². The van der Waals surface area contributed by atoms with Gasteiger partial charge in [-0.2, -0.15) is 0 Å². The number of thioether (sulfide) groups is 1. The summed E-state index contributed by atoms with van der Waals surface area (Å²) in [6.45, 7) is 2.63. The summed E-state index contributed by atoms with van der Waals surface area (Å²) in [6, 6.07) is 6.76. The fraction of sp³-hybridized carbons (Fsp3) is 0.333. The highest BCUT2D eigenvalue weighted by molar-refractivity contribution is 7.98. The van der Waals surface area contributed by atoms with Crippen LogP contribution in [0.5, 0.6) is 5.75 Å². The van der Waals surface area contributed by atoms with Crippen molar-refractivity contribution in [2.45, 2.75) is 18.1 Å². The Morgan fingerprint density at radius 2 is 1.85 bits per heavy atom. The molecule has 0 N–H and O–H groups in total. The minimum absolute atomic E-state index is 0.114. The summed E-state index contributed by atoms with van der Waals surface area (Å²) in [5.41, 5.74) is 1.18. The van der Waals surface area contributed by atoms with Crippen LogP contribution in [0.3, 0.4) is 0 Å². The molecule has 2 aromatic rings. The highest BCUT2D eigenvalue weighted by atomic mass is 32.2. The first-order valence-electron chi connectivity index (χ1n) is 8.17. The maximum atomic E-state index is 12.8. The summed E-state index contributed by atoms with van der Waals surface area (Å²) in [5.74, 6) is 0.390. The lowest BCUT2D eigenvalue weighted by Crippen LogP contribution is -2.57. The number of rotatable bonds is 4. The molecule has 1 aliphatic rings. The average molecular weight is 372 g/mol. The van der Waals surface area contributed by atoms with E-state index in [2.05, 4.69) is 9.97 Å². The van der Waals surface area contributed by atoms with E-state index < -0.39 is 6.04 Å². The number of carbonyl (C=O) groups excluding carboxylic acids is 2. The lowest BCUT2D eigenvalue weighted by Gasteiger charge is -2.39. The molecule has 1 aromatic carbocycles. The van der Waals surface area contributed by atoms with E-state index in [4.69, 9.17) is 4.74 Å². The van der Waals surface area contributed by atoms with Crippen molar-refractivity contribution in [1.82, 2.24) is 14.9 Å². The number of hydrogen-bond donors (Lipinski definition) is 0. The van der Waals surface area contributed by atoms with Gasteiger partial charge >= 0.3 is 0 Å². The first-order chi connectivity index (χ1) is 12.5. The molecule has 7 nitrogen and oxygen atoms in total. The van der Waals surface area contributed by atoms with Crippen molar-refractivity contribution in [3.8, 4) is 5.75 Å². The number of benzene rings is 1. The summed E-state index contributed by atoms with van der Waals surface area (Å²) < 4.78 is 5.15. The zero-order valence-electron chi connectivity index (χ0n) is 14.9. The molecule has 0 unspecified atom stereocenters. The fourth-order valence-electron chi connectivity index (χ4n) is 2.86. The Bertz CT molecular complexity index is 795. The molecule has 0 spiro atoms. The number of aromatic nitrogens is 2. The molecule has 136 valence electrons. The van der Waals surface area contributed by atoms with Crippen molar-refractivity contribution >= 4 is 29.3 Å². The molecule has 1 atom stereocenters. The Morgan fingerprint density at radius 1 is 1.19 bits per heavy atom. The van der Waals surface area contributed by atoms with Crippen LogP contribution in [-0.2, 0) is 4.79 Å². The highest BCUT2D eigenvalue weighted by Gasteiger charge is 2.35. The smallest absolute Gasteiger partial charge is 0.257 e. The van der Waals surface area contributed by atoms with Crippen LogP contribution in [0.4, 0.5) is 5.69 Å². The molecule has 0 aliphatic carbocycles. The molecule has 3 rings (SSSR count). The van der Waals surface area contributed by atoms with E-state index in [-0.39, 0.29) is 11.8 Å². The second-order valence-electron chi connectivity index (χ2n) is 5.82. The van der Waals surface area contributed by atoms with Gasteiger partial charge in [0, 0.05) is 31.2 Å². The number of amides is 2. The largest absolute Gasteiger partial charge is 0.497 e. The number of ether oxygens (including phenoxy) is 1. The monoisotopic (exact) mass is 372 g/mol. The van der Waals surface area contributed by atoms with E-state index in [1.165, 1.54) is 24.2 Å². The Labute approximate surface area is 156 Å². The maximum absolute atomic E-state index is 12.8. The average Bonchev–Trinajstić information content (AvgIpc) is 2.70. The summed E-state index contributed by atoms with van der Waals surface area (Å²) in [5, 5.41) is 0.606. The van der Waals surface area contributed by atoms with Crippen LogP contribution in [-0.4, -0.2) is 59.2 Å². The minimum Gasteiger partial charge on any atom is -0.497 e. The van der Waals surface area contributed by atoms with Gasteiger partial charge in [0.05, 0.1) is 12.7 Å². The Kier molecular flexibility index (Phi) is 5.41. The normalized spacial score (nSPS) is 17.3. The van der Waals surface area contributed by atoms with E-state index in [1.807, 2.05) is 30.5 Å². The van der Waals surface area contributed by atoms with Crippen LogP contribution in [0.15, 0.2) is 41.8 Å². The minimum atomic E-state index is -0.557. The van der Waals surface area contributed by atoms with E-state index in [9.17, 15) is 9.59 Å². The molecule has 1 aliphatic heterocycles. The molecule has 1 aromatic heterocycles. The number of methoxy groups -OCH3 is 1. The Balaban J connectivity index is 1.74. The molecular weight excluding hydrogens is 352 g/mol. The van der Waals surface area contributed by atoms with Crippen molar-refractivity contribution in [2.75, 3.05) is 31.4 Å². The van der Waals surface area contributed by atoms with Gasteiger partial charge in [0.25, 0.3) is 5.91 Å². The third-order valence-corrected chi connectivity index (χ3v) is 4.93. The molecule has 2 amide bonds. The molecule has 2 heterocycles. The Hall–Kier alpha value is -2.61. The van der Waals surface area contributed by atoms with Gasteiger partial charge < -0.3 is 14.5 Å². The molecule has 1 saturated heterocycles. The second kappa shape index (κ2) is 7.74. The SMILES string of the molecule is COc1ccc(N2CCN(C(=O)c3cnc(SC)nc3)[C@H](C)C2=O)cc1. The van der Waals surface area contributed by atoms with Crippen LogP contribution in [0, 0.1) is 0 Å². The van der Waals surface area contributed by atoms with Crippen LogP contribution in [0.25, 0.3) is 0 Å². The van der Waals surface area contributed by atoms with E-state index >= 15 is 0 Å². The van der Waals surface area contributed by atoms with E-state index in [1.54, 1.807) is 23.8 Å². The van der Waals surface area contributed by atoms with Gasteiger partial charge in [-0.1, -0.05) is 11.8 Å². The third-order valence-electron chi connectivity index (χ3n) is 4.36. The molecular formula is C18H20N4O3S. The first kappa shape index (κ1) is 18.2. The third kappa shape index (κ3) is 3.50. The molecule has 0 bridgehead atoms. The second-order valence-corrected chi connectivity index (χ2v) is 6.59. The Morgan fingerprint density at radius 3 is 2.42 bits per heavy atom. The van der Waals surface area contributed by atoms with Gasteiger partial charge in [0.15, 0.2) is 5.16 Å². The summed E-state index contributed by atoms with van der Waals surface area (Å²) in [7, 11) is 1.60. The number of carbonyl (C=O) groups is 2. The highest BCUT2D eigenvalue weighted by Crippen LogP contribution is 2.24. The van der Waals surface area contributed by atoms with Gasteiger partial charge in [-0.15, -0.1) is 0 Å². The van der Waals surface area contributed by atoms with Gasteiger partial charge in [0.1, 0.15) is 11.8 Å². The van der Waals surface area contributed by atoms with E-state index in [0.29, 0.717) is 23.8 Å². The van der Waals surface area contributed by atoms with Crippen molar-refractivity contribution in [2.24, 2.45) is 0 Å². The predicted molar refractivity (Wildman–Crippen MR) is 99.7 cm³/mol. The number of anilines is 1. The zero-order valence-corrected chi connectivity index (χ0v) is 15.7. The first-order valence-corrected chi connectivity index (χ1v) is 9.40. The van der Waals surface area contributed by atoms with Gasteiger partial charge in [0.2, 0.25) is 5.91 Å². The quantitative estimate of drug-likeness (QED) is 0.604. The van der Waals surface area contributed by atoms with Crippen molar-refractivity contribution in [1.29, 1.82) is 0 Å². The van der Waals surface area contributed by atoms with Gasteiger partial charge in [-0.25, -0.2) is 9.97 Å². The summed E-state index contributed by atoms with van der Waals surface area (Å²) in [4.78, 5) is 37.1. The molecule has 26 heavy (non-hydrogen) atoms. The lowest BCUT2D eigenvalue weighted by molar-refractivity contribution is -0.124. The fourth-order valence-corrected chi connectivity index (χ4v) is 3.18. The number of hydrogen-bond acceptors (Lipinski definition) is 6. The molecule has 0 radical (unpaired) electrons. The van der Waals surface area contributed by atoms with Gasteiger partial charge in [-0.05, 0) is 37.4 Å². The number of piperazine rings is 1. The summed E-state index contributed by atoms with van der Waals surface area (Å²) in [6.07, 6.45) is 4.89. The van der Waals surface area contributed by atoms with Crippen LogP contribution >= 0.6 is 11.8 Å². The van der Waals surface area contributed by atoms with Crippen molar-refractivity contribution in [3.63, 3.8) is 0 Å². The van der Waals surface area contributed by atoms with Gasteiger partial charge in [-0.3, -0.25) is 9.59 Å².